The Morgan fingerprint density at radius 1 is 1.08 bits per heavy atom. The number of fused-ring (bicyclic) bond motifs is 3. The van der Waals surface area contributed by atoms with Crippen molar-refractivity contribution in [1.82, 2.24) is 19.5 Å². The first-order valence-corrected chi connectivity index (χ1v) is 8.64. The number of hydrogen-bond acceptors (Lipinski definition) is 5. The van der Waals surface area contributed by atoms with Crippen molar-refractivity contribution in [2.75, 3.05) is 0 Å². The van der Waals surface area contributed by atoms with Crippen LogP contribution in [0, 0.1) is 0 Å². The first-order valence-electron chi connectivity index (χ1n) is 7.83. The quantitative estimate of drug-likeness (QED) is 0.574. The molecule has 120 valence electrons. The Balaban J connectivity index is 2.01. The summed E-state index contributed by atoms with van der Waals surface area (Å²) < 4.78 is 2.40. The topological polar surface area (TPSA) is 60.7 Å². The third-order valence-electron chi connectivity index (χ3n) is 3.94. The van der Waals surface area contributed by atoms with E-state index in [0.717, 1.165) is 16.2 Å². The van der Waals surface area contributed by atoms with Crippen LogP contribution in [0.4, 0.5) is 0 Å². The maximum atomic E-state index is 13.1. The summed E-state index contributed by atoms with van der Waals surface area (Å²) in [6.07, 6.45) is 3.28. The van der Waals surface area contributed by atoms with Gasteiger partial charge in [-0.3, -0.25) is 9.36 Å². The molecule has 0 atom stereocenters. The second-order valence-electron chi connectivity index (χ2n) is 5.99. The van der Waals surface area contributed by atoms with Gasteiger partial charge in [0, 0.05) is 18.3 Å². The fourth-order valence-electron chi connectivity index (χ4n) is 2.82. The summed E-state index contributed by atoms with van der Waals surface area (Å²) in [7, 11) is 0. The van der Waals surface area contributed by atoms with Crippen molar-refractivity contribution in [2.24, 2.45) is 0 Å². The predicted octanol–water partition coefficient (Wildman–Crippen LogP) is 3.57. The normalized spacial score (nSPS) is 11.6. The number of nitrogens with zero attached hydrogens (tertiary/aromatic N) is 4. The second-order valence-corrected chi connectivity index (χ2v) is 6.99. The summed E-state index contributed by atoms with van der Waals surface area (Å²) in [5, 5.41) is 0. The molecule has 0 saturated heterocycles. The van der Waals surface area contributed by atoms with Crippen LogP contribution >= 0.6 is 11.3 Å². The minimum Gasteiger partial charge on any atom is -0.291 e. The van der Waals surface area contributed by atoms with Gasteiger partial charge in [0.25, 0.3) is 5.56 Å². The molecule has 5 nitrogen and oxygen atoms in total. The van der Waals surface area contributed by atoms with Gasteiger partial charge < -0.3 is 0 Å². The molecule has 4 aromatic rings. The first kappa shape index (κ1) is 15.0. The van der Waals surface area contributed by atoms with Crippen LogP contribution in [0.25, 0.3) is 20.6 Å². The van der Waals surface area contributed by atoms with Crippen LogP contribution in [-0.4, -0.2) is 19.5 Å². The molecule has 4 rings (SSSR count). The number of thiophene rings is 1. The lowest BCUT2D eigenvalue weighted by atomic mass is 10.1. The number of hydrogen-bond donors (Lipinski definition) is 0. The van der Waals surface area contributed by atoms with Gasteiger partial charge in [0.1, 0.15) is 26.4 Å². The Morgan fingerprint density at radius 3 is 2.58 bits per heavy atom. The van der Waals surface area contributed by atoms with Crippen molar-refractivity contribution in [3.63, 3.8) is 0 Å². The van der Waals surface area contributed by atoms with E-state index in [0.29, 0.717) is 22.3 Å². The average molecular weight is 336 g/mol. The molecule has 0 fully saturated rings. The third-order valence-corrected chi connectivity index (χ3v) is 5.01. The van der Waals surface area contributed by atoms with Gasteiger partial charge in [-0.1, -0.05) is 44.2 Å². The summed E-state index contributed by atoms with van der Waals surface area (Å²) in [5.74, 6) is 0.916. The molecule has 0 aliphatic rings. The van der Waals surface area contributed by atoms with Crippen molar-refractivity contribution < 1.29 is 0 Å². The molecule has 1 aromatic carbocycles. The molecular weight excluding hydrogens is 320 g/mol. The van der Waals surface area contributed by atoms with Gasteiger partial charge in [-0.2, -0.15) is 0 Å². The second kappa shape index (κ2) is 5.79. The Morgan fingerprint density at radius 2 is 1.83 bits per heavy atom. The monoisotopic (exact) mass is 336 g/mol. The Hall–Kier alpha value is -2.60. The minimum atomic E-state index is -0.0163. The molecule has 0 bridgehead atoms. The van der Waals surface area contributed by atoms with Gasteiger partial charge >= 0.3 is 0 Å². The molecule has 3 aromatic heterocycles. The Bertz CT molecular complexity index is 1080. The fourth-order valence-corrected chi connectivity index (χ4v) is 3.81. The maximum absolute atomic E-state index is 13.1. The van der Waals surface area contributed by atoms with E-state index in [1.807, 2.05) is 30.3 Å². The van der Waals surface area contributed by atoms with Gasteiger partial charge in [-0.15, -0.1) is 11.3 Å². The lowest BCUT2D eigenvalue weighted by molar-refractivity contribution is 0.635. The van der Waals surface area contributed by atoms with E-state index in [1.54, 1.807) is 17.0 Å². The van der Waals surface area contributed by atoms with Crippen LogP contribution in [0.5, 0.6) is 0 Å². The SMILES string of the molecule is CC(C)c1nc2c(sc3nccnc32)c(=O)n1Cc1ccccc1. The zero-order chi connectivity index (χ0) is 16.7. The van der Waals surface area contributed by atoms with Crippen LogP contribution in [0.2, 0.25) is 0 Å². The highest BCUT2D eigenvalue weighted by molar-refractivity contribution is 7.25. The van der Waals surface area contributed by atoms with E-state index in [-0.39, 0.29) is 11.5 Å². The number of rotatable bonds is 3. The van der Waals surface area contributed by atoms with Crippen LogP contribution in [0.15, 0.2) is 47.5 Å². The number of aromatic nitrogens is 4. The summed E-state index contributed by atoms with van der Waals surface area (Å²) in [5.41, 5.74) is 2.45. The maximum Gasteiger partial charge on any atom is 0.271 e. The van der Waals surface area contributed by atoms with Crippen LogP contribution in [0.3, 0.4) is 0 Å². The largest absolute Gasteiger partial charge is 0.291 e. The van der Waals surface area contributed by atoms with Crippen LogP contribution < -0.4 is 5.56 Å². The van der Waals surface area contributed by atoms with Crippen molar-refractivity contribution in [3.05, 3.63) is 64.5 Å². The molecule has 3 heterocycles. The summed E-state index contributed by atoms with van der Waals surface area (Å²) in [6.45, 7) is 4.62. The molecule has 0 aliphatic carbocycles. The zero-order valence-electron chi connectivity index (χ0n) is 13.4. The average Bonchev–Trinajstić information content (AvgIpc) is 2.97. The smallest absolute Gasteiger partial charge is 0.271 e. The Kier molecular flexibility index (Phi) is 3.61. The highest BCUT2D eigenvalue weighted by atomic mass is 32.1. The highest BCUT2D eigenvalue weighted by Gasteiger charge is 2.18. The summed E-state index contributed by atoms with van der Waals surface area (Å²) in [4.78, 5) is 27.3. The molecule has 0 aliphatic heterocycles. The molecular formula is C18H16N4OS. The molecule has 0 N–H and O–H groups in total. The van der Waals surface area contributed by atoms with E-state index < -0.39 is 0 Å². The van der Waals surface area contributed by atoms with Crippen LogP contribution in [0.1, 0.15) is 31.2 Å². The zero-order valence-corrected chi connectivity index (χ0v) is 14.2. The standard InChI is InChI=1S/C18H16N4OS/c1-11(2)16-21-13-14-17(20-9-8-19-14)24-15(13)18(23)22(16)10-12-6-4-3-5-7-12/h3-9,11H,10H2,1-2H3. The van der Waals surface area contributed by atoms with Gasteiger partial charge in [0.05, 0.1) is 6.54 Å². The summed E-state index contributed by atoms with van der Waals surface area (Å²) >= 11 is 1.36. The van der Waals surface area contributed by atoms with Crippen molar-refractivity contribution in [1.29, 1.82) is 0 Å². The molecule has 0 saturated carbocycles. The lowest BCUT2D eigenvalue weighted by Gasteiger charge is -2.14. The molecule has 0 spiro atoms. The first-order chi connectivity index (χ1) is 11.6. The fraction of sp³-hybridized carbons (Fsp3) is 0.222. The van der Waals surface area contributed by atoms with Gasteiger partial charge in [-0.25, -0.2) is 15.0 Å². The highest BCUT2D eigenvalue weighted by Crippen LogP contribution is 2.28. The molecule has 6 heteroatoms. The van der Waals surface area contributed by atoms with E-state index in [2.05, 4.69) is 23.8 Å². The van der Waals surface area contributed by atoms with Crippen molar-refractivity contribution in [2.45, 2.75) is 26.3 Å². The van der Waals surface area contributed by atoms with E-state index in [9.17, 15) is 4.79 Å². The van der Waals surface area contributed by atoms with Crippen molar-refractivity contribution >= 4 is 31.9 Å². The molecule has 0 unspecified atom stereocenters. The van der Waals surface area contributed by atoms with E-state index in [4.69, 9.17) is 4.98 Å². The minimum absolute atomic E-state index is 0.0163. The number of benzene rings is 1. The summed E-state index contributed by atoms with van der Waals surface area (Å²) in [6, 6.07) is 9.98. The third kappa shape index (κ3) is 2.39. The van der Waals surface area contributed by atoms with Gasteiger partial charge in [0.2, 0.25) is 0 Å². The van der Waals surface area contributed by atoms with Crippen molar-refractivity contribution in [3.8, 4) is 0 Å². The Labute approximate surface area is 142 Å². The van der Waals surface area contributed by atoms with Gasteiger partial charge in [-0.05, 0) is 5.56 Å². The predicted molar refractivity (Wildman–Crippen MR) is 96.6 cm³/mol. The lowest BCUT2D eigenvalue weighted by Crippen LogP contribution is -2.26. The van der Waals surface area contributed by atoms with Gasteiger partial charge in [0.15, 0.2) is 0 Å². The van der Waals surface area contributed by atoms with E-state index in [1.165, 1.54) is 11.3 Å². The van der Waals surface area contributed by atoms with Crippen LogP contribution in [-0.2, 0) is 6.54 Å². The molecule has 0 amide bonds. The van der Waals surface area contributed by atoms with E-state index >= 15 is 0 Å². The molecule has 24 heavy (non-hydrogen) atoms. The molecule has 0 radical (unpaired) electrons.